The lowest BCUT2D eigenvalue weighted by atomic mass is 10.4. The van der Waals surface area contributed by atoms with Crippen LogP contribution in [0, 0.1) is 0 Å². The molecule has 0 radical (unpaired) electrons. The minimum absolute atomic E-state index is 0.0236. The van der Waals surface area contributed by atoms with Crippen LogP contribution in [-0.2, 0) is 0 Å². The van der Waals surface area contributed by atoms with Gasteiger partial charge >= 0.3 is 0 Å². The number of hydrogen-bond acceptors (Lipinski definition) is 2. The topological polar surface area (TPSA) is 12.9 Å². The number of thioether (sulfide) groups is 1. The summed E-state index contributed by atoms with van der Waals surface area (Å²) in [6.45, 7) is 1.93. The Balaban J connectivity index is 2.97. The number of rotatable bonds is 3. The molecule has 0 aromatic carbocycles. The van der Waals surface area contributed by atoms with E-state index >= 15 is 0 Å². The summed E-state index contributed by atoms with van der Waals surface area (Å²) in [5.41, 5.74) is -0.333. The van der Waals surface area contributed by atoms with E-state index in [1.165, 1.54) is 17.8 Å². The highest BCUT2D eigenvalue weighted by Gasteiger charge is 2.14. The zero-order chi connectivity index (χ0) is 9.84. The first-order chi connectivity index (χ1) is 6.15. The third-order valence-electron chi connectivity index (χ3n) is 1.35. The molecule has 0 N–H and O–H groups in total. The van der Waals surface area contributed by atoms with Crippen LogP contribution in [0.3, 0.4) is 0 Å². The Hall–Kier alpha value is -0.350. The summed E-state index contributed by atoms with van der Waals surface area (Å²) in [5, 5.41) is 0.609. The summed E-state index contributed by atoms with van der Waals surface area (Å²) in [6.07, 6.45) is -2.61. The van der Waals surface area contributed by atoms with Crippen LogP contribution in [0.1, 0.15) is 19.0 Å². The van der Waals surface area contributed by atoms with Gasteiger partial charge in [0.05, 0.1) is 10.0 Å². The summed E-state index contributed by atoms with van der Waals surface area (Å²) < 4.78 is 24.6. The summed E-state index contributed by atoms with van der Waals surface area (Å²) in [5.74, 6) is 0.803. The zero-order valence-electron chi connectivity index (χ0n) is 6.93. The van der Waals surface area contributed by atoms with Crippen LogP contribution in [0.5, 0.6) is 0 Å². The van der Waals surface area contributed by atoms with Crippen LogP contribution in [0.2, 0.25) is 5.02 Å². The van der Waals surface area contributed by atoms with Gasteiger partial charge in [0.15, 0.2) is 0 Å². The monoisotopic (exact) mass is 223 g/mol. The first-order valence-corrected chi connectivity index (χ1v) is 5.09. The fourth-order valence-corrected chi connectivity index (χ4v) is 1.63. The highest BCUT2D eigenvalue weighted by atomic mass is 35.5. The van der Waals surface area contributed by atoms with Crippen molar-refractivity contribution in [1.29, 1.82) is 0 Å². The predicted octanol–water partition coefficient (Wildman–Crippen LogP) is 3.78. The molecule has 0 amide bonds. The van der Waals surface area contributed by atoms with Crippen LogP contribution in [-0.4, -0.2) is 10.7 Å². The van der Waals surface area contributed by atoms with Gasteiger partial charge < -0.3 is 0 Å². The number of alkyl halides is 2. The van der Waals surface area contributed by atoms with Crippen molar-refractivity contribution < 1.29 is 8.78 Å². The molecule has 0 aliphatic carbocycles. The molecule has 5 heteroatoms. The lowest BCUT2D eigenvalue weighted by Crippen LogP contribution is -1.93. The fraction of sp³-hybridized carbons (Fsp3) is 0.375. The molecular formula is C8H8ClF2NS. The molecule has 0 bridgehead atoms. The quantitative estimate of drug-likeness (QED) is 0.724. The largest absolute Gasteiger partial charge is 0.281 e. The number of pyridine rings is 1. The summed E-state index contributed by atoms with van der Waals surface area (Å²) in [4.78, 5) is 3.74. The standard InChI is InChI=1S/C8H8ClF2NS/c1-2-13-6-4-3-5(9)7(12-6)8(10)11/h3-4,8H,2H2,1H3. The molecule has 1 heterocycles. The number of nitrogens with zero attached hydrogens (tertiary/aromatic N) is 1. The molecular weight excluding hydrogens is 216 g/mol. The Labute approximate surface area is 84.5 Å². The molecule has 0 aliphatic heterocycles. The molecule has 0 saturated heterocycles. The van der Waals surface area contributed by atoms with E-state index in [0.29, 0.717) is 5.03 Å². The van der Waals surface area contributed by atoms with E-state index in [4.69, 9.17) is 11.6 Å². The van der Waals surface area contributed by atoms with E-state index in [2.05, 4.69) is 4.98 Å². The molecule has 0 aliphatic rings. The highest BCUT2D eigenvalue weighted by Crippen LogP contribution is 2.27. The number of halogens is 3. The highest BCUT2D eigenvalue weighted by molar-refractivity contribution is 7.99. The van der Waals surface area contributed by atoms with E-state index in [-0.39, 0.29) is 10.7 Å². The van der Waals surface area contributed by atoms with Gasteiger partial charge in [-0.2, -0.15) is 0 Å². The van der Waals surface area contributed by atoms with Crippen LogP contribution in [0.15, 0.2) is 17.2 Å². The Bertz CT molecular complexity index is 293. The second-order valence-corrected chi connectivity index (χ2v) is 3.94. The molecule has 0 unspecified atom stereocenters. The maximum Gasteiger partial charge on any atom is 0.281 e. The molecule has 72 valence electrons. The Morgan fingerprint density at radius 1 is 1.54 bits per heavy atom. The van der Waals surface area contributed by atoms with Crippen molar-refractivity contribution in [1.82, 2.24) is 4.98 Å². The van der Waals surface area contributed by atoms with Crippen LogP contribution in [0.4, 0.5) is 8.78 Å². The Morgan fingerprint density at radius 3 is 2.77 bits per heavy atom. The number of aromatic nitrogens is 1. The van der Waals surface area contributed by atoms with Gasteiger partial charge in [0.1, 0.15) is 5.69 Å². The van der Waals surface area contributed by atoms with Crippen LogP contribution >= 0.6 is 23.4 Å². The zero-order valence-corrected chi connectivity index (χ0v) is 8.50. The molecule has 0 saturated carbocycles. The van der Waals surface area contributed by atoms with Crippen molar-refractivity contribution in [3.05, 3.63) is 22.8 Å². The van der Waals surface area contributed by atoms with Crippen molar-refractivity contribution in [3.8, 4) is 0 Å². The second kappa shape index (κ2) is 4.77. The van der Waals surface area contributed by atoms with Gasteiger partial charge in [-0.1, -0.05) is 18.5 Å². The first kappa shape index (κ1) is 10.7. The average Bonchev–Trinajstić information content (AvgIpc) is 2.08. The van der Waals surface area contributed by atoms with Crippen molar-refractivity contribution in [3.63, 3.8) is 0 Å². The first-order valence-electron chi connectivity index (χ1n) is 3.72. The van der Waals surface area contributed by atoms with E-state index in [9.17, 15) is 8.78 Å². The van der Waals surface area contributed by atoms with E-state index in [0.717, 1.165) is 5.75 Å². The fourth-order valence-electron chi connectivity index (χ4n) is 0.821. The van der Waals surface area contributed by atoms with Gasteiger partial charge in [-0.05, 0) is 17.9 Å². The van der Waals surface area contributed by atoms with Crippen LogP contribution in [0.25, 0.3) is 0 Å². The van der Waals surface area contributed by atoms with E-state index in [1.54, 1.807) is 6.07 Å². The van der Waals surface area contributed by atoms with Gasteiger partial charge in [0, 0.05) is 0 Å². The van der Waals surface area contributed by atoms with Gasteiger partial charge in [-0.3, -0.25) is 0 Å². The number of hydrogen-bond donors (Lipinski definition) is 0. The summed E-state index contributed by atoms with van der Waals surface area (Å²) in [7, 11) is 0. The Morgan fingerprint density at radius 2 is 2.23 bits per heavy atom. The van der Waals surface area contributed by atoms with Crippen molar-refractivity contribution >= 4 is 23.4 Å². The minimum Gasteiger partial charge on any atom is -0.239 e. The normalized spacial score (nSPS) is 10.8. The lowest BCUT2D eigenvalue weighted by Gasteiger charge is -2.04. The predicted molar refractivity (Wildman–Crippen MR) is 50.6 cm³/mol. The maximum atomic E-state index is 12.3. The van der Waals surface area contributed by atoms with Crippen molar-refractivity contribution in [2.45, 2.75) is 18.4 Å². The molecule has 0 atom stereocenters. The SMILES string of the molecule is CCSc1ccc(Cl)c(C(F)F)n1. The summed E-state index contributed by atoms with van der Waals surface area (Å²) in [6, 6.07) is 3.09. The maximum absolute atomic E-state index is 12.3. The van der Waals surface area contributed by atoms with Gasteiger partial charge in [-0.25, -0.2) is 13.8 Å². The third kappa shape index (κ3) is 2.81. The van der Waals surface area contributed by atoms with Crippen LogP contribution < -0.4 is 0 Å². The van der Waals surface area contributed by atoms with Crippen molar-refractivity contribution in [2.24, 2.45) is 0 Å². The second-order valence-electron chi connectivity index (χ2n) is 2.25. The molecule has 0 spiro atoms. The lowest BCUT2D eigenvalue weighted by molar-refractivity contribution is 0.145. The van der Waals surface area contributed by atoms with Gasteiger partial charge in [0.2, 0.25) is 0 Å². The van der Waals surface area contributed by atoms with E-state index in [1.807, 2.05) is 6.92 Å². The molecule has 1 rings (SSSR count). The van der Waals surface area contributed by atoms with Crippen molar-refractivity contribution in [2.75, 3.05) is 5.75 Å². The molecule has 1 aromatic rings. The Kier molecular flexibility index (Phi) is 3.93. The summed E-state index contributed by atoms with van der Waals surface area (Å²) >= 11 is 6.95. The smallest absolute Gasteiger partial charge is 0.239 e. The molecule has 13 heavy (non-hydrogen) atoms. The van der Waals surface area contributed by atoms with Gasteiger partial charge in [-0.15, -0.1) is 11.8 Å². The van der Waals surface area contributed by atoms with E-state index < -0.39 is 6.43 Å². The molecule has 0 fully saturated rings. The minimum atomic E-state index is -2.61. The molecule has 1 aromatic heterocycles. The molecule has 1 nitrogen and oxygen atoms in total. The van der Waals surface area contributed by atoms with Gasteiger partial charge in [0.25, 0.3) is 6.43 Å². The average molecular weight is 224 g/mol. The third-order valence-corrected chi connectivity index (χ3v) is 2.48.